The van der Waals surface area contributed by atoms with Gasteiger partial charge >= 0.3 is 0 Å². The van der Waals surface area contributed by atoms with Crippen LogP contribution >= 0.6 is 0 Å². The first-order valence-corrected chi connectivity index (χ1v) is 6.17. The number of rotatable bonds is 3. The second kappa shape index (κ2) is 5.00. The van der Waals surface area contributed by atoms with E-state index in [4.69, 9.17) is 5.73 Å². The zero-order valence-electron chi connectivity index (χ0n) is 11.0. The molecule has 0 spiro atoms. The molecule has 0 aliphatic carbocycles. The molecule has 100 valence electrons. The number of aromatic nitrogens is 4. The number of aryl methyl sites for hydroxylation is 1. The maximum absolute atomic E-state index is 5.74. The van der Waals surface area contributed by atoms with Crippen LogP contribution < -0.4 is 5.73 Å². The van der Waals surface area contributed by atoms with Crippen molar-refractivity contribution in [1.82, 2.24) is 19.6 Å². The fourth-order valence-electron chi connectivity index (χ4n) is 1.93. The zero-order valence-corrected chi connectivity index (χ0v) is 11.0. The van der Waals surface area contributed by atoms with Crippen LogP contribution in [0.5, 0.6) is 0 Å². The van der Waals surface area contributed by atoms with E-state index in [0.29, 0.717) is 5.95 Å². The van der Waals surface area contributed by atoms with E-state index in [2.05, 4.69) is 20.1 Å². The maximum Gasteiger partial charge on any atom is 0.221 e. The zero-order chi connectivity index (χ0) is 13.9. The summed E-state index contributed by atoms with van der Waals surface area (Å²) in [5, 5.41) is 4.30. The van der Waals surface area contributed by atoms with Crippen molar-refractivity contribution in [2.45, 2.75) is 6.92 Å². The van der Waals surface area contributed by atoms with Crippen LogP contribution in [-0.2, 0) is 0 Å². The second-order valence-electron chi connectivity index (χ2n) is 4.42. The molecule has 0 unspecified atom stereocenters. The van der Waals surface area contributed by atoms with Crippen molar-refractivity contribution >= 4 is 12.2 Å². The summed E-state index contributed by atoms with van der Waals surface area (Å²) >= 11 is 0. The number of H-pyrrole nitrogens is 1. The third-order valence-electron chi connectivity index (χ3n) is 2.86. The molecule has 2 heterocycles. The van der Waals surface area contributed by atoms with E-state index in [1.165, 1.54) is 0 Å². The van der Waals surface area contributed by atoms with Crippen molar-refractivity contribution in [2.24, 2.45) is 5.10 Å². The van der Waals surface area contributed by atoms with Crippen molar-refractivity contribution in [2.75, 3.05) is 5.73 Å². The number of imidazole rings is 2. The van der Waals surface area contributed by atoms with Crippen molar-refractivity contribution in [3.05, 3.63) is 54.2 Å². The van der Waals surface area contributed by atoms with Gasteiger partial charge in [0, 0.05) is 5.56 Å². The Hall–Kier alpha value is -2.89. The lowest BCUT2D eigenvalue weighted by atomic mass is 10.1. The molecule has 0 aliphatic heterocycles. The molecule has 20 heavy (non-hydrogen) atoms. The molecule has 2 aromatic heterocycles. The summed E-state index contributed by atoms with van der Waals surface area (Å²) in [6.45, 7) is 1.88. The summed E-state index contributed by atoms with van der Waals surface area (Å²) in [4.78, 5) is 11.2. The highest BCUT2D eigenvalue weighted by atomic mass is 15.4. The monoisotopic (exact) mass is 266 g/mol. The minimum Gasteiger partial charge on any atom is -0.368 e. The van der Waals surface area contributed by atoms with Crippen LogP contribution in [0.4, 0.5) is 5.95 Å². The van der Waals surface area contributed by atoms with Gasteiger partial charge in [-0.05, 0) is 18.6 Å². The van der Waals surface area contributed by atoms with E-state index in [9.17, 15) is 0 Å². The minimum absolute atomic E-state index is 0.378. The van der Waals surface area contributed by atoms with E-state index < -0.39 is 0 Å². The fraction of sp³-hybridized carbons (Fsp3) is 0.0714. The Balaban J connectivity index is 1.88. The molecule has 0 fully saturated rings. The van der Waals surface area contributed by atoms with E-state index in [1.54, 1.807) is 29.6 Å². The molecule has 0 amide bonds. The quantitative estimate of drug-likeness (QED) is 0.711. The number of anilines is 1. The Labute approximate surface area is 116 Å². The highest BCUT2D eigenvalue weighted by Crippen LogP contribution is 2.16. The molecule has 3 aromatic rings. The molecule has 0 bridgehead atoms. The van der Waals surface area contributed by atoms with E-state index >= 15 is 0 Å². The lowest BCUT2D eigenvalue weighted by Crippen LogP contribution is -1.97. The van der Waals surface area contributed by atoms with Gasteiger partial charge in [0.15, 0.2) is 0 Å². The Morgan fingerprint density at radius 3 is 3.00 bits per heavy atom. The third kappa shape index (κ3) is 2.44. The van der Waals surface area contributed by atoms with Gasteiger partial charge < -0.3 is 10.7 Å². The normalized spacial score (nSPS) is 11.2. The second-order valence-corrected chi connectivity index (χ2v) is 4.42. The van der Waals surface area contributed by atoms with Gasteiger partial charge in [-0.2, -0.15) is 5.10 Å². The van der Waals surface area contributed by atoms with Gasteiger partial charge in [0.05, 0.1) is 36.3 Å². The number of benzene rings is 1. The van der Waals surface area contributed by atoms with Crippen LogP contribution in [0, 0.1) is 6.92 Å². The average Bonchev–Trinajstić information content (AvgIpc) is 3.07. The smallest absolute Gasteiger partial charge is 0.221 e. The predicted molar refractivity (Wildman–Crippen MR) is 78.4 cm³/mol. The van der Waals surface area contributed by atoms with Crippen LogP contribution in [0.3, 0.4) is 0 Å². The molecule has 0 saturated heterocycles. The van der Waals surface area contributed by atoms with Gasteiger partial charge in [-0.25, -0.2) is 14.6 Å². The third-order valence-corrected chi connectivity index (χ3v) is 2.86. The van der Waals surface area contributed by atoms with Gasteiger partial charge in [0.2, 0.25) is 5.95 Å². The van der Waals surface area contributed by atoms with E-state index in [-0.39, 0.29) is 0 Å². The van der Waals surface area contributed by atoms with Crippen molar-refractivity contribution in [1.29, 1.82) is 0 Å². The van der Waals surface area contributed by atoms with Crippen molar-refractivity contribution in [3.8, 4) is 11.3 Å². The van der Waals surface area contributed by atoms with Crippen molar-refractivity contribution < 1.29 is 0 Å². The number of hydrogen-bond donors (Lipinski definition) is 2. The van der Waals surface area contributed by atoms with Crippen LogP contribution in [-0.4, -0.2) is 25.8 Å². The predicted octanol–water partition coefficient (Wildman–Crippen LogP) is 2.05. The maximum atomic E-state index is 5.74. The highest BCUT2D eigenvalue weighted by Gasteiger charge is 2.00. The Morgan fingerprint density at radius 1 is 1.40 bits per heavy atom. The van der Waals surface area contributed by atoms with Gasteiger partial charge in [-0.1, -0.05) is 18.2 Å². The Kier molecular flexibility index (Phi) is 3.04. The summed E-state index contributed by atoms with van der Waals surface area (Å²) in [7, 11) is 0. The number of nitrogens with zero attached hydrogens (tertiary/aromatic N) is 4. The number of aromatic amines is 1. The molecule has 6 nitrogen and oxygen atoms in total. The standard InChI is InChI=1S/C14H14N6/c1-10-8-20(14(15)19-10)18-6-11-3-2-4-12(5-11)13-7-16-9-17-13/h2-9H,1H3,(H2,15,19)(H,16,17). The lowest BCUT2D eigenvalue weighted by molar-refractivity contribution is 0.897. The van der Waals surface area contributed by atoms with Gasteiger partial charge in [0.1, 0.15) is 0 Å². The molecule has 0 atom stereocenters. The molecule has 3 N–H and O–H groups in total. The topological polar surface area (TPSA) is 84.9 Å². The average molecular weight is 266 g/mol. The number of hydrogen-bond acceptors (Lipinski definition) is 4. The minimum atomic E-state index is 0.378. The van der Waals surface area contributed by atoms with Gasteiger partial charge in [-0.3, -0.25) is 0 Å². The fourth-order valence-corrected chi connectivity index (χ4v) is 1.93. The molecule has 0 saturated carbocycles. The van der Waals surface area contributed by atoms with E-state index in [1.807, 2.05) is 31.2 Å². The number of nitrogens with two attached hydrogens (primary N) is 1. The molecule has 3 rings (SSSR count). The first-order chi connectivity index (χ1) is 9.72. The lowest BCUT2D eigenvalue weighted by Gasteiger charge is -1.99. The van der Waals surface area contributed by atoms with E-state index in [0.717, 1.165) is 22.5 Å². The summed E-state index contributed by atoms with van der Waals surface area (Å²) in [5.41, 5.74) is 9.58. The van der Waals surface area contributed by atoms with Gasteiger partial charge in [0.25, 0.3) is 0 Å². The van der Waals surface area contributed by atoms with Crippen LogP contribution in [0.2, 0.25) is 0 Å². The SMILES string of the molecule is Cc1cn(N=Cc2cccc(-c3cnc[nH]3)c2)c(N)n1. The molecule has 0 aliphatic rings. The largest absolute Gasteiger partial charge is 0.368 e. The Morgan fingerprint density at radius 2 is 2.30 bits per heavy atom. The first kappa shape index (κ1) is 12.2. The summed E-state index contributed by atoms with van der Waals surface area (Å²) in [5.74, 6) is 0.378. The first-order valence-electron chi connectivity index (χ1n) is 6.17. The molecular weight excluding hydrogens is 252 g/mol. The van der Waals surface area contributed by atoms with Crippen LogP contribution in [0.15, 0.2) is 48.1 Å². The molecular formula is C14H14N6. The molecule has 0 radical (unpaired) electrons. The molecule has 6 heteroatoms. The molecule has 1 aromatic carbocycles. The summed E-state index contributed by atoms with van der Waals surface area (Å²) in [6.07, 6.45) is 6.97. The summed E-state index contributed by atoms with van der Waals surface area (Å²) in [6, 6.07) is 7.99. The van der Waals surface area contributed by atoms with Gasteiger partial charge in [-0.15, -0.1) is 0 Å². The highest BCUT2D eigenvalue weighted by molar-refractivity contribution is 5.82. The summed E-state index contributed by atoms with van der Waals surface area (Å²) < 4.78 is 1.55. The van der Waals surface area contributed by atoms with Crippen LogP contribution in [0.25, 0.3) is 11.3 Å². The Bertz CT molecular complexity index is 739. The van der Waals surface area contributed by atoms with Crippen LogP contribution in [0.1, 0.15) is 11.3 Å². The van der Waals surface area contributed by atoms with Crippen molar-refractivity contribution in [3.63, 3.8) is 0 Å². The number of nitrogen functional groups attached to an aromatic ring is 1. The number of nitrogens with one attached hydrogen (secondary N) is 1.